The van der Waals surface area contributed by atoms with Gasteiger partial charge in [0.05, 0.1) is 6.42 Å². The number of rotatable bonds is 2. The lowest BCUT2D eigenvalue weighted by atomic mass is 10.4. The number of carbonyl (C=O) groups is 1. The van der Waals surface area contributed by atoms with Gasteiger partial charge in [-0.3, -0.25) is 0 Å². The predicted octanol–water partition coefficient (Wildman–Crippen LogP) is 1.74. The lowest BCUT2D eigenvalue weighted by molar-refractivity contribution is -0.133. The van der Waals surface area contributed by atoms with Crippen LogP contribution >= 0.6 is 0 Å². The zero-order chi connectivity index (χ0) is 10.6. The average molecular weight is 210 g/mol. The maximum absolute atomic E-state index is 11.7. The van der Waals surface area contributed by atoms with Crippen LogP contribution < -0.4 is 5.32 Å². The number of urea groups is 1. The van der Waals surface area contributed by atoms with Crippen LogP contribution in [0, 0.1) is 0 Å². The lowest BCUT2D eigenvalue weighted by Gasteiger charge is -2.16. The number of alkyl halides is 3. The Morgan fingerprint density at radius 2 is 1.86 bits per heavy atom. The summed E-state index contributed by atoms with van der Waals surface area (Å²) in [5, 5.41) is 2.25. The molecule has 0 unspecified atom stereocenters. The van der Waals surface area contributed by atoms with Crippen molar-refractivity contribution in [3.05, 3.63) is 0 Å². The summed E-state index contributed by atoms with van der Waals surface area (Å²) in [6, 6.07) is -0.383. The standard InChI is InChI=1S/C8H13F3N2O/c9-8(10,11)3-4-12-7(14)13-5-1-2-6-13/h1-6H2,(H,12,14). The first-order chi connectivity index (χ1) is 6.49. The van der Waals surface area contributed by atoms with E-state index in [-0.39, 0.29) is 12.6 Å². The minimum Gasteiger partial charge on any atom is -0.338 e. The van der Waals surface area contributed by atoms with Gasteiger partial charge in [-0.1, -0.05) is 0 Å². The van der Waals surface area contributed by atoms with Crippen LogP contribution in [0.2, 0.25) is 0 Å². The predicted molar refractivity (Wildman–Crippen MR) is 44.9 cm³/mol. The van der Waals surface area contributed by atoms with E-state index in [1.807, 2.05) is 0 Å². The Hall–Kier alpha value is -0.940. The van der Waals surface area contributed by atoms with E-state index in [1.54, 1.807) is 0 Å². The summed E-state index contributed by atoms with van der Waals surface area (Å²) in [5.41, 5.74) is 0. The van der Waals surface area contributed by atoms with E-state index < -0.39 is 12.6 Å². The molecular weight excluding hydrogens is 197 g/mol. The van der Waals surface area contributed by atoms with Gasteiger partial charge in [-0.05, 0) is 12.8 Å². The average Bonchev–Trinajstić information content (AvgIpc) is 2.53. The van der Waals surface area contributed by atoms with Crippen molar-refractivity contribution in [1.82, 2.24) is 10.2 Å². The Balaban J connectivity index is 2.15. The fraction of sp³-hybridized carbons (Fsp3) is 0.875. The fourth-order valence-corrected chi connectivity index (χ4v) is 1.34. The summed E-state index contributed by atoms with van der Waals surface area (Å²) in [5.74, 6) is 0. The van der Waals surface area contributed by atoms with Crippen LogP contribution in [0.4, 0.5) is 18.0 Å². The Morgan fingerprint density at radius 3 is 2.36 bits per heavy atom. The topological polar surface area (TPSA) is 32.3 Å². The van der Waals surface area contributed by atoms with Crippen LogP contribution in [-0.4, -0.2) is 36.7 Å². The van der Waals surface area contributed by atoms with Gasteiger partial charge in [0.15, 0.2) is 0 Å². The minimum atomic E-state index is -4.20. The number of likely N-dealkylation sites (tertiary alicyclic amines) is 1. The second-order valence-electron chi connectivity index (χ2n) is 3.29. The van der Waals surface area contributed by atoms with Crippen molar-refractivity contribution in [2.24, 2.45) is 0 Å². The number of hydrogen-bond acceptors (Lipinski definition) is 1. The molecule has 1 aliphatic rings. The van der Waals surface area contributed by atoms with E-state index in [2.05, 4.69) is 5.32 Å². The highest BCUT2D eigenvalue weighted by Gasteiger charge is 2.27. The van der Waals surface area contributed by atoms with Crippen LogP contribution in [0.3, 0.4) is 0 Å². The molecule has 0 aliphatic carbocycles. The Bertz CT molecular complexity index is 199. The number of hydrogen-bond donors (Lipinski definition) is 1. The third kappa shape index (κ3) is 3.85. The van der Waals surface area contributed by atoms with E-state index >= 15 is 0 Å². The molecule has 3 nitrogen and oxygen atoms in total. The lowest BCUT2D eigenvalue weighted by Crippen LogP contribution is -2.39. The van der Waals surface area contributed by atoms with Gasteiger partial charge in [0.1, 0.15) is 0 Å². The third-order valence-electron chi connectivity index (χ3n) is 2.08. The maximum atomic E-state index is 11.7. The molecule has 0 aromatic heterocycles. The van der Waals surface area contributed by atoms with Gasteiger partial charge in [-0.2, -0.15) is 13.2 Å². The maximum Gasteiger partial charge on any atom is 0.390 e. The van der Waals surface area contributed by atoms with Crippen LogP contribution in [0.25, 0.3) is 0 Å². The molecule has 0 aromatic rings. The van der Waals surface area contributed by atoms with Crippen molar-refractivity contribution in [3.63, 3.8) is 0 Å². The first-order valence-electron chi connectivity index (χ1n) is 4.58. The van der Waals surface area contributed by atoms with Gasteiger partial charge in [0.2, 0.25) is 0 Å². The fourth-order valence-electron chi connectivity index (χ4n) is 1.34. The van der Waals surface area contributed by atoms with E-state index in [9.17, 15) is 18.0 Å². The van der Waals surface area contributed by atoms with E-state index in [0.29, 0.717) is 13.1 Å². The van der Waals surface area contributed by atoms with Crippen molar-refractivity contribution in [2.45, 2.75) is 25.4 Å². The van der Waals surface area contributed by atoms with Crippen LogP contribution in [0.1, 0.15) is 19.3 Å². The van der Waals surface area contributed by atoms with Crippen molar-refractivity contribution < 1.29 is 18.0 Å². The highest BCUT2D eigenvalue weighted by molar-refractivity contribution is 5.74. The molecule has 82 valence electrons. The summed E-state index contributed by atoms with van der Waals surface area (Å²) in [6.45, 7) is 0.967. The number of halogens is 3. The number of nitrogens with one attached hydrogen (secondary N) is 1. The molecule has 14 heavy (non-hydrogen) atoms. The third-order valence-corrected chi connectivity index (χ3v) is 2.08. The molecule has 6 heteroatoms. The minimum absolute atomic E-state index is 0.334. The summed E-state index contributed by atoms with van der Waals surface area (Å²) >= 11 is 0. The van der Waals surface area contributed by atoms with E-state index in [4.69, 9.17) is 0 Å². The zero-order valence-corrected chi connectivity index (χ0v) is 7.73. The van der Waals surface area contributed by atoms with E-state index in [1.165, 1.54) is 4.90 Å². The Kier molecular flexibility index (Phi) is 3.60. The van der Waals surface area contributed by atoms with Crippen molar-refractivity contribution >= 4 is 6.03 Å². The second kappa shape index (κ2) is 4.52. The summed E-state index contributed by atoms with van der Waals surface area (Å²) < 4.78 is 35.2. The van der Waals surface area contributed by atoms with Gasteiger partial charge in [0.25, 0.3) is 0 Å². The summed E-state index contributed by atoms with van der Waals surface area (Å²) in [4.78, 5) is 12.7. The first kappa shape index (κ1) is 11.1. The number of amides is 2. The summed E-state index contributed by atoms with van der Waals surface area (Å²) in [7, 11) is 0. The molecule has 0 atom stereocenters. The normalized spacial score (nSPS) is 17.2. The largest absolute Gasteiger partial charge is 0.390 e. The molecule has 1 heterocycles. The Labute approximate surface area is 80.3 Å². The van der Waals surface area contributed by atoms with Gasteiger partial charge >= 0.3 is 12.2 Å². The smallest absolute Gasteiger partial charge is 0.338 e. The van der Waals surface area contributed by atoms with Gasteiger partial charge in [-0.15, -0.1) is 0 Å². The van der Waals surface area contributed by atoms with Crippen LogP contribution in [0.5, 0.6) is 0 Å². The summed E-state index contributed by atoms with van der Waals surface area (Å²) in [6.07, 6.45) is -3.29. The number of nitrogens with zero attached hydrogens (tertiary/aromatic N) is 1. The van der Waals surface area contributed by atoms with Crippen LogP contribution in [-0.2, 0) is 0 Å². The first-order valence-corrected chi connectivity index (χ1v) is 4.58. The molecule has 0 saturated carbocycles. The molecule has 0 aromatic carbocycles. The molecule has 1 fully saturated rings. The van der Waals surface area contributed by atoms with Crippen molar-refractivity contribution in [1.29, 1.82) is 0 Å². The van der Waals surface area contributed by atoms with Crippen molar-refractivity contribution in [3.8, 4) is 0 Å². The zero-order valence-electron chi connectivity index (χ0n) is 7.73. The van der Waals surface area contributed by atoms with Gasteiger partial charge in [-0.25, -0.2) is 4.79 Å². The molecule has 1 rings (SSSR count). The van der Waals surface area contributed by atoms with E-state index in [0.717, 1.165) is 12.8 Å². The van der Waals surface area contributed by atoms with Gasteiger partial charge < -0.3 is 10.2 Å². The van der Waals surface area contributed by atoms with Crippen molar-refractivity contribution in [2.75, 3.05) is 19.6 Å². The number of carbonyl (C=O) groups excluding carboxylic acids is 1. The van der Waals surface area contributed by atoms with Crippen LogP contribution in [0.15, 0.2) is 0 Å². The molecule has 0 bridgehead atoms. The molecule has 1 N–H and O–H groups in total. The molecule has 0 radical (unpaired) electrons. The molecule has 2 amide bonds. The quantitative estimate of drug-likeness (QED) is 0.739. The molecule has 1 aliphatic heterocycles. The second-order valence-corrected chi connectivity index (χ2v) is 3.29. The SMILES string of the molecule is O=C(NCCC(F)(F)F)N1CCCC1. The molecular formula is C8H13F3N2O. The van der Waals surface area contributed by atoms with Gasteiger partial charge in [0, 0.05) is 19.6 Å². The Morgan fingerprint density at radius 1 is 1.29 bits per heavy atom. The molecule has 1 saturated heterocycles. The molecule has 0 spiro atoms. The monoisotopic (exact) mass is 210 g/mol. The highest BCUT2D eigenvalue weighted by Crippen LogP contribution is 2.18. The highest BCUT2D eigenvalue weighted by atomic mass is 19.4.